The fourth-order valence-corrected chi connectivity index (χ4v) is 2.10. The molecule has 0 unspecified atom stereocenters. The highest BCUT2D eigenvalue weighted by molar-refractivity contribution is 7.80. The van der Waals surface area contributed by atoms with E-state index in [2.05, 4.69) is 18.7 Å². The Labute approximate surface area is 111 Å². The average molecular weight is 258 g/mol. The molecule has 0 aliphatic rings. The van der Waals surface area contributed by atoms with Gasteiger partial charge in [0.25, 0.3) is 0 Å². The van der Waals surface area contributed by atoms with E-state index in [4.69, 9.17) is 5.11 Å². The number of carbonyl (C=O) groups is 1. The van der Waals surface area contributed by atoms with Crippen molar-refractivity contribution >= 4 is 35.4 Å². The van der Waals surface area contributed by atoms with Gasteiger partial charge in [-0.3, -0.25) is 0 Å². The highest BCUT2D eigenvalue weighted by Crippen LogP contribution is 2.23. The van der Waals surface area contributed by atoms with Crippen molar-refractivity contribution < 1.29 is 9.90 Å². The van der Waals surface area contributed by atoms with E-state index >= 15 is 0 Å². The second-order valence-electron chi connectivity index (χ2n) is 3.97. The first-order chi connectivity index (χ1) is 8.74. The molecule has 0 atom stereocenters. The minimum atomic E-state index is -0.892. The van der Waals surface area contributed by atoms with Gasteiger partial charge in [-0.05, 0) is 34.6 Å². The summed E-state index contributed by atoms with van der Waals surface area (Å²) in [5, 5.41) is 10.9. The van der Waals surface area contributed by atoms with Crippen molar-refractivity contribution in [3.05, 3.63) is 53.6 Å². The number of rotatable bonds is 4. The summed E-state index contributed by atoms with van der Waals surface area (Å²) in [6, 6.07) is 11.1. The summed E-state index contributed by atoms with van der Waals surface area (Å²) in [6.07, 6.45) is 4.97. The number of carboxylic acids is 1. The van der Waals surface area contributed by atoms with Gasteiger partial charge in [0.05, 0.1) is 5.56 Å². The van der Waals surface area contributed by atoms with E-state index in [0.29, 0.717) is 5.56 Å². The molecule has 0 saturated carbocycles. The number of hydrogen-bond acceptors (Lipinski definition) is 2. The lowest BCUT2D eigenvalue weighted by molar-refractivity contribution is 0.0699. The summed E-state index contributed by atoms with van der Waals surface area (Å²) in [6.45, 7) is 0. The maximum Gasteiger partial charge on any atom is 0.336 e. The molecule has 2 aromatic carbocycles. The zero-order valence-corrected chi connectivity index (χ0v) is 10.7. The molecule has 0 amide bonds. The first kappa shape index (κ1) is 12.7. The molecule has 2 nitrogen and oxygen atoms in total. The maximum atomic E-state index is 11.2. The maximum absolute atomic E-state index is 11.2. The SMILES string of the molecule is O=C(O)c1cccc2c(C=CCCS)cccc12. The largest absolute Gasteiger partial charge is 0.478 e. The minimum Gasteiger partial charge on any atom is -0.478 e. The van der Waals surface area contributed by atoms with Crippen molar-refractivity contribution in [2.24, 2.45) is 0 Å². The molecule has 0 spiro atoms. The summed E-state index contributed by atoms with van der Waals surface area (Å²) < 4.78 is 0. The van der Waals surface area contributed by atoms with Crippen LogP contribution in [0.25, 0.3) is 16.8 Å². The number of carboxylic acid groups (broad SMARTS) is 1. The fourth-order valence-electron chi connectivity index (χ4n) is 1.95. The molecule has 0 heterocycles. The van der Waals surface area contributed by atoms with E-state index in [1.807, 2.05) is 30.3 Å². The van der Waals surface area contributed by atoms with Crippen LogP contribution in [0.4, 0.5) is 0 Å². The van der Waals surface area contributed by atoms with E-state index < -0.39 is 5.97 Å². The Bertz CT molecular complexity index is 602. The Morgan fingerprint density at radius 2 is 1.89 bits per heavy atom. The molecule has 0 radical (unpaired) electrons. The molecule has 0 fully saturated rings. The lowest BCUT2D eigenvalue weighted by Gasteiger charge is -2.05. The van der Waals surface area contributed by atoms with Gasteiger partial charge in [-0.1, -0.05) is 42.5 Å². The normalized spacial score (nSPS) is 11.2. The average Bonchev–Trinajstić information content (AvgIpc) is 2.38. The summed E-state index contributed by atoms with van der Waals surface area (Å²) in [5.74, 6) is -0.0844. The third kappa shape index (κ3) is 2.57. The van der Waals surface area contributed by atoms with Gasteiger partial charge in [-0.2, -0.15) is 12.6 Å². The van der Waals surface area contributed by atoms with Crippen LogP contribution in [0.5, 0.6) is 0 Å². The molecule has 18 heavy (non-hydrogen) atoms. The van der Waals surface area contributed by atoms with Crippen molar-refractivity contribution in [1.82, 2.24) is 0 Å². The number of hydrogen-bond donors (Lipinski definition) is 2. The van der Waals surface area contributed by atoms with Crippen LogP contribution in [-0.2, 0) is 0 Å². The molecule has 3 heteroatoms. The molecule has 0 bridgehead atoms. The van der Waals surface area contributed by atoms with Gasteiger partial charge < -0.3 is 5.11 Å². The predicted molar refractivity (Wildman–Crippen MR) is 78.4 cm³/mol. The van der Waals surface area contributed by atoms with Crippen molar-refractivity contribution in [2.75, 3.05) is 5.75 Å². The second kappa shape index (κ2) is 5.74. The van der Waals surface area contributed by atoms with Crippen molar-refractivity contribution in [3.63, 3.8) is 0 Å². The number of fused-ring (bicyclic) bond motifs is 1. The summed E-state index contributed by atoms with van der Waals surface area (Å²) in [5.41, 5.74) is 1.38. The molecule has 0 aliphatic heterocycles. The molecule has 92 valence electrons. The Hall–Kier alpha value is -1.74. The number of thiol groups is 1. The van der Waals surface area contributed by atoms with Crippen molar-refractivity contribution in [2.45, 2.75) is 6.42 Å². The van der Waals surface area contributed by atoms with Gasteiger partial charge >= 0.3 is 5.97 Å². The predicted octanol–water partition coefficient (Wildman–Crippen LogP) is 3.87. The van der Waals surface area contributed by atoms with Crippen LogP contribution < -0.4 is 0 Å². The highest BCUT2D eigenvalue weighted by Gasteiger charge is 2.08. The van der Waals surface area contributed by atoms with Crippen LogP contribution in [0.3, 0.4) is 0 Å². The quantitative estimate of drug-likeness (QED) is 0.817. The van der Waals surface area contributed by atoms with Crippen LogP contribution in [0.2, 0.25) is 0 Å². The molecule has 1 N–H and O–H groups in total. The van der Waals surface area contributed by atoms with E-state index in [9.17, 15) is 4.79 Å². The van der Waals surface area contributed by atoms with E-state index in [-0.39, 0.29) is 0 Å². The van der Waals surface area contributed by atoms with Crippen LogP contribution in [0.15, 0.2) is 42.5 Å². The zero-order chi connectivity index (χ0) is 13.0. The van der Waals surface area contributed by atoms with E-state index in [1.165, 1.54) is 0 Å². The summed E-state index contributed by atoms with van der Waals surface area (Å²) >= 11 is 4.15. The number of aromatic carboxylic acids is 1. The fraction of sp³-hybridized carbons (Fsp3) is 0.133. The Balaban J connectivity index is 2.56. The minimum absolute atomic E-state index is 0.344. The Morgan fingerprint density at radius 3 is 2.61 bits per heavy atom. The molecular weight excluding hydrogens is 244 g/mol. The van der Waals surface area contributed by atoms with Gasteiger partial charge in [-0.15, -0.1) is 0 Å². The Kier molecular flexibility index (Phi) is 4.05. The molecular formula is C15H14O2S. The standard InChI is InChI=1S/C15H14O2S/c16-15(17)14-9-4-7-12-11(5-1-2-10-18)6-3-8-13(12)14/h1,3-9,18H,2,10H2,(H,16,17). The Morgan fingerprint density at radius 1 is 1.17 bits per heavy atom. The first-order valence-electron chi connectivity index (χ1n) is 5.76. The van der Waals surface area contributed by atoms with Crippen molar-refractivity contribution in [1.29, 1.82) is 0 Å². The zero-order valence-electron chi connectivity index (χ0n) is 9.84. The van der Waals surface area contributed by atoms with Crippen LogP contribution in [-0.4, -0.2) is 16.8 Å². The third-order valence-electron chi connectivity index (χ3n) is 2.78. The molecule has 2 aromatic rings. The molecule has 0 saturated heterocycles. The monoisotopic (exact) mass is 258 g/mol. The van der Waals surface area contributed by atoms with Gasteiger partial charge in [0.15, 0.2) is 0 Å². The van der Waals surface area contributed by atoms with Gasteiger partial charge in [0, 0.05) is 0 Å². The molecule has 2 rings (SSSR count). The summed E-state index contributed by atoms with van der Waals surface area (Å²) in [7, 11) is 0. The molecule has 0 aliphatic carbocycles. The van der Waals surface area contributed by atoms with Crippen molar-refractivity contribution in [3.8, 4) is 0 Å². The number of benzene rings is 2. The van der Waals surface area contributed by atoms with Crippen LogP contribution in [0, 0.1) is 0 Å². The third-order valence-corrected chi connectivity index (χ3v) is 3.04. The number of allylic oxidation sites excluding steroid dienone is 1. The lowest BCUT2D eigenvalue weighted by atomic mass is 10.00. The van der Waals surface area contributed by atoms with Gasteiger partial charge in [0.1, 0.15) is 0 Å². The lowest BCUT2D eigenvalue weighted by Crippen LogP contribution is -1.97. The molecule has 0 aromatic heterocycles. The van der Waals surface area contributed by atoms with Crippen LogP contribution in [0.1, 0.15) is 22.3 Å². The summed E-state index contributed by atoms with van der Waals surface area (Å²) in [4.78, 5) is 11.2. The smallest absolute Gasteiger partial charge is 0.336 e. The van der Waals surface area contributed by atoms with Gasteiger partial charge in [0.2, 0.25) is 0 Å². The van der Waals surface area contributed by atoms with E-state index in [0.717, 1.165) is 28.5 Å². The topological polar surface area (TPSA) is 37.3 Å². The first-order valence-corrected chi connectivity index (χ1v) is 6.39. The van der Waals surface area contributed by atoms with E-state index in [1.54, 1.807) is 12.1 Å². The highest BCUT2D eigenvalue weighted by atomic mass is 32.1. The second-order valence-corrected chi connectivity index (χ2v) is 4.41. The van der Waals surface area contributed by atoms with Crippen LogP contribution >= 0.6 is 12.6 Å². The van der Waals surface area contributed by atoms with Gasteiger partial charge in [-0.25, -0.2) is 4.79 Å².